The molecule has 0 atom stereocenters. The summed E-state index contributed by atoms with van der Waals surface area (Å²) in [5.41, 5.74) is 0. The number of carbonyl (C=O) groups excluding carboxylic acids is 2. The van der Waals surface area contributed by atoms with E-state index in [-0.39, 0.29) is 18.9 Å². The maximum absolute atomic E-state index is 10.4. The maximum atomic E-state index is 10.4. The molecule has 0 aromatic rings. The first-order valence-electron chi connectivity index (χ1n) is 2.65. The number of amides is 1. The van der Waals surface area contributed by atoms with Crippen molar-refractivity contribution in [3.05, 3.63) is 0 Å². The molecule has 1 aliphatic rings. The van der Waals surface area contributed by atoms with Crippen LogP contribution in [0.15, 0.2) is 0 Å². The van der Waals surface area contributed by atoms with Crippen LogP contribution in [0.3, 0.4) is 0 Å². The van der Waals surface area contributed by atoms with Crippen molar-refractivity contribution in [1.82, 2.24) is 5.32 Å². The molecule has 0 saturated carbocycles. The summed E-state index contributed by atoms with van der Waals surface area (Å²) in [5.74, 6) is -0.848. The molecule has 0 N–H and O–H groups in total. The Balaban J connectivity index is 2.47. The Labute approximate surface area is 52.2 Å². The minimum Gasteiger partial charge on any atom is -0.463 e. The normalized spacial score (nSPS) is 20.0. The summed E-state index contributed by atoms with van der Waals surface area (Å²) in [7, 11) is 0. The van der Waals surface area contributed by atoms with Gasteiger partial charge in [0.05, 0.1) is 6.54 Å². The average molecular weight is 128 g/mol. The number of cyclic esters (lactones) is 1. The van der Waals surface area contributed by atoms with Gasteiger partial charge in [-0.05, 0) is 0 Å². The first-order valence-corrected chi connectivity index (χ1v) is 2.65. The zero-order valence-corrected chi connectivity index (χ0v) is 4.79. The quantitative estimate of drug-likeness (QED) is 0.312. The highest BCUT2D eigenvalue weighted by Gasteiger charge is 2.14. The van der Waals surface area contributed by atoms with Crippen LogP contribution in [0, 0.1) is 0 Å². The Bertz CT molecular complexity index is 127. The largest absolute Gasteiger partial charge is 0.463 e. The van der Waals surface area contributed by atoms with E-state index < -0.39 is 5.97 Å². The van der Waals surface area contributed by atoms with Crippen LogP contribution in [0.2, 0.25) is 0 Å². The van der Waals surface area contributed by atoms with Crippen molar-refractivity contribution in [2.45, 2.75) is 6.42 Å². The molecular weight excluding hydrogens is 122 g/mol. The number of nitrogens with zero attached hydrogens (tertiary/aromatic N) is 1. The first kappa shape index (κ1) is 6.07. The molecule has 4 nitrogen and oxygen atoms in total. The summed E-state index contributed by atoms with van der Waals surface area (Å²) >= 11 is 0. The van der Waals surface area contributed by atoms with Crippen molar-refractivity contribution in [2.75, 3.05) is 13.2 Å². The highest BCUT2D eigenvalue weighted by Crippen LogP contribution is 1.91. The van der Waals surface area contributed by atoms with Crippen LogP contribution in [-0.4, -0.2) is 25.0 Å². The third-order valence-electron chi connectivity index (χ3n) is 0.938. The fourth-order valence-electron chi connectivity index (χ4n) is 0.560. The molecule has 0 aliphatic carbocycles. The summed E-state index contributed by atoms with van der Waals surface area (Å²) in [6.07, 6.45) is -0.194. The Morgan fingerprint density at radius 2 is 2.22 bits per heavy atom. The molecule has 0 aromatic carbocycles. The molecule has 1 amide bonds. The van der Waals surface area contributed by atoms with Crippen molar-refractivity contribution in [1.29, 1.82) is 0 Å². The SMILES string of the molecule is O=C1CC(=O)OCC[N]1. The molecule has 49 valence electrons. The van der Waals surface area contributed by atoms with E-state index >= 15 is 0 Å². The van der Waals surface area contributed by atoms with Gasteiger partial charge in [-0.15, -0.1) is 0 Å². The van der Waals surface area contributed by atoms with E-state index in [1.54, 1.807) is 0 Å². The van der Waals surface area contributed by atoms with E-state index in [0.29, 0.717) is 6.54 Å². The van der Waals surface area contributed by atoms with Crippen LogP contribution in [0.5, 0.6) is 0 Å². The number of rotatable bonds is 0. The zero-order chi connectivity index (χ0) is 6.69. The average Bonchev–Trinajstić information content (AvgIpc) is 1.93. The Morgan fingerprint density at radius 1 is 1.44 bits per heavy atom. The lowest BCUT2D eigenvalue weighted by Gasteiger charge is -1.92. The highest BCUT2D eigenvalue weighted by atomic mass is 16.5. The molecule has 1 fully saturated rings. The van der Waals surface area contributed by atoms with E-state index in [9.17, 15) is 9.59 Å². The fraction of sp³-hybridized carbons (Fsp3) is 0.600. The Morgan fingerprint density at radius 3 is 3.00 bits per heavy atom. The van der Waals surface area contributed by atoms with E-state index in [0.717, 1.165) is 0 Å². The van der Waals surface area contributed by atoms with Gasteiger partial charge in [0, 0.05) is 0 Å². The zero-order valence-electron chi connectivity index (χ0n) is 4.79. The topological polar surface area (TPSA) is 57.5 Å². The predicted octanol–water partition coefficient (Wildman–Crippen LogP) is -0.936. The molecule has 4 heteroatoms. The maximum Gasteiger partial charge on any atom is 0.315 e. The standard InChI is InChI=1S/C5H6NO3/c7-4-3-5(8)9-2-1-6-4/h1-3H2. The number of carbonyl (C=O) groups is 2. The van der Waals surface area contributed by atoms with E-state index in [1.807, 2.05) is 0 Å². The van der Waals surface area contributed by atoms with Gasteiger partial charge >= 0.3 is 5.97 Å². The van der Waals surface area contributed by atoms with Crippen LogP contribution in [0.25, 0.3) is 0 Å². The van der Waals surface area contributed by atoms with Gasteiger partial charge < -0.3 is 4.74 Å². The summed E-state index contributed by atoms with van der Waals surface area (Å²) in [5, 5.41) is 3.49. The van der Waals surface area contributed by atoms with Gasteiger partial charge in [-0.25, -0.2) is 5.32 Å². The van der Waals surface area contributed by atoms with Crippen LogP contribution >= 0.6 is 0 Å². The Hall–Kier alpha value is -1.06. The van der Waals surface area contributed by atoms with Gasteiger partial charge in [-0.1, -0.05) is 0 Å². The highest BCUT2D eigenvalue weighted by molar-refractivity contribution is 5.94. The lowest BCUT2D eigenvalue weighted by atomic mass is 10.4. The molecule has 0 bridgehead atoms. The second-order valence-corrected chi connectivity index (χ2v) is 1.67. The van der Waals surface area contributed by atoms with Gasteiger partial charge in [-0.2, -0.15) is 0 Å². The van der Waals surface area contributed by atoms with Crippen molar-refractivity contribution >= 4 is 11.9 Å². The van der Waals surface area contributed by atoms with Crippen LogP contribution in [0.1, 0.15) is 6.42 Å². The summed E-state index contributed by atoms with van der Waals surface area (Å²) in [6, 6.07) is 0. The van der Waals surface area contributed by atoms with Gasteiger partial charge in [-0.3, -0.25) is 9.59 Å². The number of ether oxygens (including phenoxy) is 1. The van der Waals surface area contributed by atoms with Crippen molar-refractivity contribution in [3.8, 4) is 0 Å². The number of hydrogen-bond acceptors (Lipinski definition) is 3. The van der Waals surface area contributed by atoms with Crippen molar-refractivity contribution in [3.63, 3.8) is 0 Å². The van der Waals surface area contributed by atoms with Crippen molar-refractivity contribution < 1.29 is 14.3 Å². The van der Waals surface area contributed by atoms with Crippen LogP contribution in [-0.2, 0) is 14.3 Å². The minimum atomic E-state index is -0.471. The minimum absolute atomic E-state index is 0.194. The van der Waals surface area contributed by atoms with Crippen LogP contribution in [0.4, 0.5) is 0 Å². The monoisotopic (exact) mass is 128 g/mol. The first-order chi connectivity index (χ1) is 4.29. The van der Waals surface area contributed by atoms with E-state index in [4.69, 9.17) is 0 Å². The predicted molar refractivity (Wildman–Crippen MR) is 27.6 cm³/mol. The lowest BCUT2D eigenvalue weighted by molar-refractivity contribution is -0.144. The van der Waals surface area contributed by atoms with Gasteiger partial charge in [0.1, 0.15) is 13.0 Å². The summed E-state index contributed by atoms with van der Waals surface area (Å²) < 4.78 is 4.52. The molecule has 1 aliphatic heterocycles. The summed E-state index contributed by atoms with van der Waals surface area (Å²) in [6.45, 7) is 0.551. The fourth-order valence-corrected chi connectivity index (χ4v) is 0.560. The number of esters is 1. The molecule has 1 heterocycles. The third kappa shape index (κ3) is 1.71. The van der Waals surface area contributed by atoms with Crippen molar-refractivity contribution in [2.24, 2.45) is 0 Å². The van der Waals surface area contributed by atoms with Gasteiger partial charge in [0.25, 0.3) is 5.91 Å². The smallest absolute Gasteiger partial charge is 0.315 e. The van der Waals surface area contributed by atoms with Crippen LogP contribution < -0.4 is 5.32 Å². The molecule has 1 rings (SSSR count). The molecule has 0 aromatic heterocycles. The summed E-state index contributed by atoms with van der Waals surface area (Å²) in [4.78, 5) is 20.8. The molecule has 1 radical (unpaired) electrons. The molecule has 1 saturated heterocycles. The Kier molecular flexibility index (Phi) is 1.67. The second kappa shape index (κ2) is 2.48. The van der Waals surface area contributed by atoms with E-state index in [1.165, 1.54) is 0 Å². The number of hydrogen-bond donors (Lipinski definition) is 0. The second-order valence-electron chi connectivity index (χ2n) is 1.67. The molecule has 0 spiro atoms. The molecule has 9 heavy (non-hydrogen) atoms. The molecular formula is C5H6NO3. The van der Waals surface area contributed by atoms with Gasteiger partial charge in [0.15, 0.2) is 0 Å². The van der Waals surface area contributed by atoms with Gasteiger partial charge in [0.2, 0.25) is 0 Å². The third-order valence-corrected chi connectivity index (χ3v) is 0.938. The molecule has 0 unspecified atom stereocenters. The lowest BCUT2D eigenvalue weighted by Crippen LogP contribution is -2.15. The van der Waals surface area contributed by atoms with E-state index in [2.05, 4.69) is 10.1 Å².